The van der Waals surface area contributed by atoms with Gasteiger partial charge in [-0.05, 0) is 25.0 Å². The van der Waals surface area contributed by atoms with Gasteiger partial charge in [0.05, 0.1) is 0 Å². The fourth-order valence-electron chi connectivity index (χ4n) is 2.83. The molecule has 1 unspecified atom stereocenters. The Balaban J connectivity index is 2.01. The molecular formula is C18H18O4. The summed E-state index contributed by atoms with van der Waals surface area (Å²) in [5, 5.41) is 9.51. The summed E-state index contributed by atoms with van der Waals surface area (Å²) in [6.45, 7) is 3.70. The molecule has 1 N–H and O–H groups in total. The van der Waals surface area contributed by atoms with Gasteiger partial charge in [0.2, 0.25) is 0 Å². The maximum Gasteiger partial charge on any atom is 0.336 e. The molecule has 1 fully saturated rings. The van der Waals surface area contributed by atoms with E-state index in [9.17, 15) is 9.90 Å². The molecule has 2 aromatic carbocycles. The lowest BCUT2D eigenvalue weighted by atomic mass is 10.00. The Hall–Kier alpha value is -2.17. The summed E-state index contributed by atoms with van der Waals surface area (Å²) in [6.07, 6.45) is -1.67. The monoisotopic (exact) mass is 298 g/mol. The molecule has 3 rings (SSSR count). The first-order chi connectivity index (χ1) is 10.5. The highest BCUT2D eigenvalue weighted by Crippen LogP contribution is 2.44. The van der Waals surface area contributed by atoms with E-state index in [1.54, 1.807) is 6.92 Å². The molecule has 1 heterocycles. The van der Waals surface area contributed by atoms with Crippen LogP contribution in [0.15, 0.2) is 54.6 Å². The van der Waals surface area contributed by atoms with Crippen molar-refractivity contribution in [3.05, 3.63) is 71.3 Å². The Morgan fingerprint density at radius 3 is 2.32 bits per heavy atom. The smallest absolute Gasteiger partial charge is 0.336 e. The highest BCUT2D eigenvalue weighted by Gasteiger charge is 2.49. The first kappa shape index (κ1) is 14.8. The van der Waals surface area contributed by atoms with Crippen molar-refractivity contribution in [3.63, 3.8) is 0 Å². The molecule has 0 amide bonds. The molecule has 2 aromatic rings. The zero-order chi connectivity index (χ0) is 15.7. The van der Waals surface area contributed by atoms with Crippen LogP contribution in [0.25, 0.3) is 0 Å². The predicted molar refractivity (Wildman–Crippen MR) is 81.3 cm³/mol. The normalized spacial score (nSPS) is 27.7. The molecule has 114 valence electrons. The van der Waals surface area contributed by atoms with Crippen LogP contribution in [0.5, 0.6) is 0 Å². The lowest BCUT2D eigenvalue weighted by molar-refractivity contribution is -0.179. The Labute approximate surface area is 129 Å². The van der Waals surface area contributed by atoms with Gasteiger partial charge in [0.15, 0.2) is 11.9 Å². The van der Waals surface area contributed by atoms with Crippen molar-refractivity contribution in [2.24, 2.45) is 0 Å². The van der Waals surface area contributed by atoms with Gasteiger partial charge < -0.3 is 14.6 Å². The van der Waals surface area contributed by atoms with E-state index in [2.05, 4.69) is 0 Å². The molecule has 4 heteroatoms. The van der Waals surface area contributed by atoms with Gasteiger partial charge in [0, 0.05) is 5.56 Å². The lowest BCUT2D eigenvalue weighted by Crippen LogP contribution is -2.28. The van der Waals surface area contributed by atoms with Crippen LogP contribution in [0.3, 0.4) is 0 Å². The van der Waals surface area contributed by atoms with E-state index in [1.165, 1.54) is 0 Å². The zero-order valence-electron chi connectivity index (χ0n) is 12.5. The molecule has 4 nitrogen and oxygen atoms in total. The summed E-state index contributed by atoms with van der Waals surface area (Å²) >= 11 is 0. The molecule has 0 aliphatic carbocycles. The topological polar surface area (TPSA) is 55.8 Å². The second kappa shape index (κ2) is 5.55. The quantitative estimate of drug-likeness (QED) is 0.943. The van der Waals surface area contributed by atoms with Crippen LogP contribution >= 0.6 is 0 Å². The highest BCUT2D eigenvalue weighted by atomic mass is 16.8. The van der Waals surface area contributed by atoms with Crippen LogP contribution in [-0.4, -0.2) is 17.2 Å². The van der Waals surface area contributed by atoms with Crippen LogP contribution in [0, 0.1) is 6.92 Å². The summed E-state index contributed by atoms with van der Waals surface area (Å²) in [5.41, 5.74) is 2.63. The fourth-order valence-corrected chi connectivity index (χ4v) is 2.83. The molecule has 3 atom stereocenters. The molecule has 0 bridgehead atoms. The summed E-state index contributed by atoms with van der Waals surface area (Å²) in [5.74, 6) is -2.09. The van der Waals surface area contributed by atoms with Crippen LogP contribution in [0.1, 0.15) is 29.7 Å². The predicted octanol–water partition coefficient (Wildman–Crippen LogP) is 3.41. The number of carbonyl (C=O) groups is 1. The first-order valence-electron chi connectivity index (χ1n) is 7.21. The van der Waals surface area contributed by atoms with Gasteiger partial charge in [-0.25, -0.2) is 4.79 Å². The molecule has 1 aliphatic heterocycles. The van der Waals surface area contributed by atoms with Gasteiger partial charge >= 0.3 is 5.97 Å². The maximum absolute atomic E-state index is 11.6. The van der Waals surface area contributed by atoms with Gasteiger partial charge in [0.25, 0.3) is 0 Å². The van der Waals surface area contributed by atoms with E-state index < -0.39 is 24.0 Å². The van der Waals surface area contributed by atoms with E-state index in [0.717, 1.165) is 16.7 Å². The minimum atomic E-state index is -1.07. The number of carboxylic acid groups (broad SMARTS) is 1. The van der Waals surface area contributed by atoms with Gasteiger partial charge in [-0.3, -0.25) is 0 Å². The number of rotatable bonds is 3. The highest BCUT2D eigenvalue weighted by molar-refractivity contribution is 5.74. The molecule has 0 spiro atoms. The third kappa shape index (κ3) is 2.51. The molecule has 0 aromatic heterocycles. The molecule has 1 saturated heterocycles. The fraction of sp³-hybridized carbons (Fsp3) is 0.278. The van der Waals surface area contributed by atoms with Crippen LogP contribution in [0.4, 0.5) is 0 Å². The van der Waals surface area contributed by atoms with Crippen LogP contribution < -0.4 is 0 Å². The Kier molecular flexibility index (Phi) is 3.72. The second-order valence-corrected chi connectivity index (χ2v) is 5.58. The summed E-state index contributed by atoms with van der Waals surface area (Å²) < 4.78 is 11.9. The SMILES string of the molecule is Cc1ccccc1[C@@H]1OC(C)(c2ccccc2)O[C@H]1C(=O)O. The van der Waals surface area contributed by atoms with E-state index in [-0.39, 0.29) is 0 Å². The van der Waals surface area contributed by atoms with Crippen molar-refractivity contribution in [2.45, 2.75) is 31.8 Å². The second-order valence-electron chi connectivity index (χ2n) is 5.58. The van der Waals surface area contributed by atoms with Crippen molar-refractivity contribution < 1.29 is 19.4 Å². The first-order valence-corrected chi connectivity index (χ1v) is 7.21. The summed E-state index contributed by atoms with van der Waals surface area (Å²) in [7, 11) is 0. The molecule has 1 aliphatic rings. The number of benzene rings is 2. The zero-order valence-corrected chi connectivity index (χ0v) is 12.5. The van der Waals surface area contributed by atoms with E-state index in [0.29, 0.717) is 0 Å². The van der Waals surface area contributed by atoms with Crippen molar-refractivity contribution in [1.82, 2.24) is 0 Å². The van der Waals surface area contributed by atoms with Crippen molar-refractivity contribution >= 4 is 5.97 Å². The lowest BCUT2D eigenvalue weighted by Gasteiger charge is -2.23. The number of hydrogen-bond acceptors (Lipinski definition) is 3. The number of aliphatic carboxylic acids is 1. The minimum Gasteiger partial charge on any atom is -0.479 e. The van der Waals surface area contributed by atoms with Crippen LogP contribution in [-0.2, 0) is 20.1 Å². The van der Waals surface area contributed by atoms with Crippen LogP contribution in [0.2, 0.25) is 0 Å². The molecule has 22 heavy (non-hydrogen) atoms. The van der Waals surface area contributed by atoms with Gasteiger partial charge in [-0.1, -0.05) is 54.6 Å². The van der Waals surface area contributed by atoms with E-state index >= 15 is 0 Å². The minimum absolute atomic E-state index is 0.635. The standard InChI is InChI=1S/C18H18O4/c1-12-8-6-7-11-14(12)15-16(17(19)20)22-18(2,21-15)13-9-4-3-5-10-13/h3-11,15-16H,1-2H3,(H,19,20)/t15-,16+,18?/m0/s1. The number of hydrogen-bond donors (Lipinski definition) is 1. The Morgan fingerprint density at radius 1 is 1.05 bits per heavy atom. The Bertz CT molecular complexity index is 682. The molecule has 0 radical (unpaired) electrons. The average molecular weight is 298 g/mol. The van der Waals surface area contributed by atoms with Crippen molar-refractivity contribution in [3.8, 4) is 0 Å². The molecule has 0 saturated carbocycles. The average Bonchev–Trinajstić information content (AvgIpc) is 2.88. The third-order valence-corrected chi connectivity index (χ3v) is 4.02. The summed E-state index contributed by atoms with van der Waals surface area (Å²) in [6, 6.07) is 17.0. The van der Waals surface area contributed by atoms with E-state index in [4.69, 9.17) is 9.47 Å². The number of ether oxygens (including phenoxy) is 2. The number of aryl methyl sites for hydroxylation is 1. The number of carboxylic acids is 1. The summed E-state index contributed by atoms with van der Waals surface area (Å²) in [4.78, 5) is 11.6. The van der Waals surface area contributed by atoms with E-state index in [1.807, 2.05) is 61.5 Å². The van der Waals surface area contributed by atoms with Gasteiger partial charge in [-0.2, -0.15) is 0 Å². The Morgan fingerprint density at radius 2 is 1.68 bits per heavy atom. The van der Waals surface area contributed by atoms with Crippen molar-refractivity contribution in [2.75, 3.05) is 0 Å². The third-order valence-electron chi connectivity index (χ3n) is 4.02. The van der Waals surface area contributed by atoms with Gasteiger partial charge in [-0.15, -0.1) is 0 Å². The maximum atomic E-state index is 11.6. The molecular weight excluding hydrogens is 280 g/mol. The van der Waals surface area contributed by atoms with Crippen molar-refractivity contribution in [1.29, 1.82) is 0 Å². The van der Waals surface area contributed by atoms with Gasteiger partial charge in [0.1, 0.15) is 6.10 Å². The largest absolute Gasteiger partial charge is 0.479 e.